The quantitative estimate of drug-likeness (QED) is 0.644. The Morgan fingerprint density at radius 2 is 1.89 bits per heavy atom. The molecule has 1 aliphatic heterocycles. The van der Waals surface area contributed by atoms with E-state index in [9.17, 15) is 4.79 Å². The van der Waals surface area contributed by atoms with Gasteiger partial charge < -0.3 is 14.7 Å². The topological polar surface area (TPSA) is 49.8 Å². The number of unbranched alkanes of at least 4 members (excludes halogenated alkanes) is 5. The van der Waals surface area contributed by atoms with Gasteiger partial charge in [-0.15, -0.1) is 0 Å². The number of likely N-dealkylation sites (N-methyl/N-ethyl adjacent to an activating group) is 1. The number of ether oxygens (including phenoxy) is 1. The Morgan fingerprint density at radius 3 is 2.56 bits per heavy atom. The lowest BCUT2D eigenvalue weighted by Crippen LogP contribution is -2.41. The molecule has 2 atom stereocenters. The summed E-state index contributed by atoms with van der Waals surface area (Å²) < 4.78 is 5.29. The second-order valence-electron chi connectivity index (χ2n) is 5.30. The summed E-state index contributed by atoms with van der Waals surface area (Å²) in [7, 11) is 2.02. The average molecular weight is 257 g/mol. The van der Waals surface area contributed by atoms with Crippen molar-refractivity contribution < 1.29 is 14.6 Å². The summed E-state index contributed by atoms with van der Waals surface area (Å²) in [4.78, 5) is 13.2. The molecular formula is C14H27NO3. The normalized spacial score (nSPS) is 23.7. The van der Waals surface area contributed by atoms with Crippen molar-refractivity contribution in [3.8, 4) is 0 Å². The van der Waals surface area contributed by atoms with Crippen LogP contribution in [0.15, 0.2) is 0 Å². The monoisotopic (exact) mass is 257 g/mol. The number of rotatable bonds is 9. The maximum atomic E-state index is 11.1. The van der Waals surface area contributed by atoms with Crippen molar-refractivity contribution in [2.24, 2.45) is 5.92 Å². The van der Waals surface area contributed by atoms with Crippen molar-refractivity contribution in [2.45, 2.75) is 51.5 Å². The van der Waals surface area contributed by atoms with Crippen LogP contribution in [-0.2, 0) is 9.53 Å². The van der Waals surface area contributed by atoms with Crippen LogP contribution in [0.4, 0.5) is 0 Å². The standard InChI is InChI=1S/C14H27NO3/c1-3-4-5-6-7-8-9-15(2)13-11-18-10-12(13)14(16)17/h12-13H,3-11H2,1-2H3,(H,16,17). The summed E-state index contributed by atoms with van der Waals surface area (Å²) in [5, 5.41) is 9.09. The first-order valence-corrected chi connectivity index (χ1v) is 7.17. The zero-order valence-electron chi connectivity index (χ0n) is 11.7. The maximum absolute atomic E-state index is 11.1. The molecule has 1 saturated heterocycles. The van der Waals surface area contributed by atoms with E-state index in [-0.39, 0.29) is 12.0 Å². The summed E-state index contributed by atoms with van der Waals surface area (Å²) >= 11 is 0. The molecule has 0 spiro atoms. The molecule has 0 amide bonds. The van der Waals surface area contributed by atoms with E-state index in [1.54, 1.807) is 0 Å². The van der Waals surface area contributed by atoms with Gasteiger partial charge in [-0.3, -0.25) is 4.79 Å². The lowest BCUT2D eigenvalue weighted by Gasteiger charge is -2.26. The van der Waals surface area contributed by atoms with E-state index in [2.05, 4.69) is 11.8 Å². The van der Waals surface area contributed by atoms with Crippen molar-refractivity contribution in [1.82, 2.24) is 4.90 Å². The van der Waals surface area contributed by atoms with Gasteiger partial charge >= 0.3 is 5.97 Å². The predicted octanol–water partition coefficient (Wildman–Crippen LogP) is 2.38. The van der Waals surface area contributed by atoms with Gasteiger partial charge in [0.05, 0.1) is 19.1 Å². The van der Waals surface area contributed by atoms with Crippen LogP contribution in [0.2, 0.25) is 0 Å². The second kappa shape index (κ2) is 8.48. The third-order valence-corrected chi connectivity index (χ3v) is 3.80. The Hall–Kier alpha value is -0.610. The molecule has 1 heterocycles. The van der Waals surface area contributed by atoms with Gasteiger partial charge in [-0.25, -0.2) is 0 Å². The Morgan fingerprint density at radius 1 is 1.22 bits per heavy atom. The first-order valence-electron chi connectivity index (χ1n) is 7.17. The highest BCUT2D eigenvalue weighted by molar-refractivity contribution is 5.71. The molecule has 0 aliphatic carbocycles. The van der Waals surface area contributed by atoms with Crippen molar-refractivity contribution in [3.05, 3.63) is 0 Å². The average Bonchev–Trinajstić information content (AvgIpc) is 2.82. The van der Waals surface area contributed by atoms with Gasteiger partial charge in [0, 0.05) is 6.04 Å². The van der Waals surface area contributed by atoms with Crippen molar-refractivity contribution in [1.29, 1.82) is 0 Å². The minimum atomic E-state index is -0.729. The third-order valence-electron chi connectivity index (χ3n) is 3.80. The Kier molecular flexibility index (Phi) is 7.28. The van der Waals surface area contributed by atoms with Crippen molar-refractivity contribution in [3.63, 3.8) is 0 Å². The third kappa shape index (κ3) is 4.94. The first kappa shape index (κ1) is 15.4. The zero-order chi connectivity index (χ0) is 13.4. The van der Waals surface area contributed by atoms with Gasteiger partial charge in [0.25, 0.3) is 0 Å². The van der Waals surface area contributed by atoms with E-state index in [0.717, 1.165) is 13.0 Å². The summed E-state index contributed by atoms with van der Waals surface area (Å²) in [5.41, 5.74) is 0. The number of carbonyl (C=O) groups is 1. The van der Waals surface area contributed by atoms with Crippen LogP contribution in [0.3, 0.4) is 0 Å². The van der Waals surface area contributed by atoms with Gasteiger partial charge in [-0.1, -0.05) is 39.0 Å². The molecule has 106 valence electrons. The number of hydrogen-bond donors (Lipinski definition) is 1. The van der Waals surface area contributed by atoms with E-state index in [4.69, 9.17) is 9.84 Å². The van der Waals surface area contributed by atoms with Crippen molar-refractivity contribution in [2.75, 3.05) is 26.8 Å². The predicted molar refractivity (Wildman–Crippen MR) is 71.7 cm³/mol. The molecule has 18 heavy (non-hydrogen) atoms. The molecule has 4 nitrogen and oxygen atoms in total. The highest BCUT2D eigenvalue weighted by Crippen LogP contribution is 2.19. The zero-order valence-corrected chi connectivity index (χ0v) is 11.7. The fourth-order valence-electron chi connectivity index (χ4n) is 2.52. The Balaban J connectivity index is 2.15. The lowest BCUT2D eigenvalue weighted by molar-refractivity contribution is -0.143. The number of aliphatic carboxylic acids is 1. The number of hydrogen-bond acceptors (Lipinski definition) is 3. The largest absolute Gasteiger partial charge is 0.481 e. The molecule has 0 radical (unpaired) electrons. The highest BCUT2D eigenvalue weighted by atomic mass is 16.5. The van der Waals surface area contributed by atoms with Crippen LogP contribution in [0, 0.1) is 5.92 Å². The lowest BCUT2D eigenvalue weighted by atomic mass is 10.0. The van der Waals surface area contributed by atoms with Crippen LogP contribution < -0.4 is 0 Å². The minimum absolute atomic E-state index is 0.0538. The minimum Gasteiger partial charge on any atom is -0.481 e. The second-order valence-corrected chi connectivity index (χ2v) is 5.30. The molecule has 0 bridgehead atoms. The highest BCUT2D eigenvalue weighted by Gasteiger charge is 2.36. The van der Waals surface area contributed by atoms with E-state index >= 15 is 0 Å². The van der Waals surface area contributed by atoms with Crippen LogP contribution in [0.1, 0.15) is 45.4 Å². The Bertz CT molecular complexity index is 245. The molecule has 1 aliphatic rings. The fourth-order valence-corrected chi connectivity index (χ4v) is 2.52. The van der Waals surface area contributed by atoms with E-state index < -0.39 is 5.97 Å². The molecule has 1 N–H and O–H groups in total. The van der Waals surface area contributed by atoms with E-state index in [0.29, 0.717) is 13.2 Å². The Labute approximate surface area is 110 Å². The molecule has 1 fully saturated rings. The molecule has 0 aromatic rings. The van der Waals surface area contributed by atoms with Gasteiger partial charge in [0.2, 0.25) is 0 Å². The van der Waals surface area contributed by atoms with E-state index in [1.807, 2.05) is 7.05 Å². The van der Waals surface area contributed by atoms with Gasteiger partial charge in [0.15, 0.2) is 0 Å². The number of carboxylic acid groups (broad SMARTS) is 1. The summed E-state index contributed by atoms with van der Waals surface area (Å²) in [6.07, 6.45) is 7.63. The molecule has 0 aromatic heterocycles. The number of carboxylic acids is 1. The van der Waals surface area contributed by atoms with Gasteiger partial charge in [-0.05, 0) is 20.0 Å². The van der Waals surface area contributed by atoms with E-state index in [1.165, 1.54) is 32.1 Å². The van der Waals surface area contributed by atoms with Gasteiger partial charge in [-0.2, -0.15) is 0 Å². The van der Waals surface area contributed by atoms with Crippen LogP contribution in [0.25, 0.3) is 0 Å². The smallest absolute Gasteiger partial charge is 0.310 e. The molecule has 0 saturated carbocycles. The molecular weight excluding hydrogens is 230 g/mol. The molecule has 4 heteroatoms. The summed E-state index contributed by atoms with van der Waals surface area (Å²) in [6.45, 7) is 4.12. The summed E-state index contributed by atoms with van der Waals surface area (Å²) in [6, 6.07) is 0.0538. The summed E-state index contributed by atoms with van der Waals surface area (Å²) in [5.74, 6) is -1.08. The maximum Gasteiger partial charge on any atom is 0.310 e. The van der Waals surface area contributed by atoms with Crippen molar-refractivity contribution >= 4 is 5.97 Å². The molecule has 0 aromatic carbocycles. The molecule has 2 unspecified atom stereocenters. The van der Waals surface area contributed by atoms with Crippen LogP contribution in [0.5, 0.6) is 0 Å². The SMILES string of the molecule is CCCCCCCCN(C)C1COCC1C(=O)O. The first-order chi connectivity index (χ1) is 8.66. The van der Waals surface area contributed by atoms with Gasteiger partial charge in [0.1, 0.15) is 0 Å². The molecule has 1 rings (SSSR count). The fraction of sp³-hybridized carbons (Fsp3) is 0.929. The van der Waals surface area contributed by atoms with Crippen LogP contribution >= 0.6 is 0 Å². The van der Waals surface area contributed by atoms with Crippen LogP contribution in [-0.4, -0.2) is 48.8 Å². The number of nitrogens with zero attached hydrogens (tertiary/aromatic N) is 1.